The molecule has 1 fully saturated rings. The van der Waals surface area contributed by atoms with Gasteiger partial charge in [-0.25, -0.2) is 0 Å². The number of nitro benzene ring substituents is 1. The van der Waals surface area contributed by atoms with E-state index in [9.17, 15) is 10.1 Å². The summed E-state index contributed by atoms with van der Waals surface area (Å²) in [6.07, 6.45) is 5.98. The third-order valence-corrected chi connectivity index (χ3v) is 4.11. The Bertz CT molecular complexity index is 438. The van der Waals surface area contributed by atoms with Crippen molar-refractivity contribution >= 4 is 38.9 Å². The van der Waals surface area contributed by atoms with Gasteiger partial charge in [-0.05, 0) is 28.8 Å². The van der Waals surface area contributed by atoms with Gasteiger partial charge in [-0.1, -0.05) is 30.9 Å². The summed E-state index contributed by atoms with van der Waals surface area (Å²) in [4.78, 5) is 10.3. The molecule has 0 spiro atoms. The molecule has 2 rings (SSSR count). The van der Waals surface area contributed by atoms with Crippen molar-refractivity contribution in [2.75, 3.05) is 5.32 Å². The number of nitro groups is 1. The molecule has 0 aliphatic heterocycles. The van der Waals surface area contributed by atoms with Gasteiger partial charge in [-0.3, -0.25) is 10.1 Å². The first-order valence-electron chi connectivity index (χ1n) is 5.98. The summed E-state index contributed by atoms with van der Waals surface area (Å²) in [5.74, 6) is 0. The van der Waals surface area contributed by atoms with Gasteiger partial charge in [-0.15, -0.1) is 0 Å². The maximum absolute atomic E-state index is 10.7. The number of non-ortho nitro benzene ring substituents is 1. The van der Waals surface area contributed by atoms with Crippen LogP contribution in [0.5, 0.6) is 0 Å². The first-order chi connectivity index (χ1) is 8.58. The molecule has 1 aromatic carbocycles. The fourth-order valence-corrected chi connectivity index (χ4v) is 3.20. The van der Waals surface area contributed by atoms with Crippen LogP contribution >= 0.6 is 27.5 Å². The molecule has 0 amide bonds. The molecular weight excluding hydrogens is 320 g/mol. The van der Waals surface area contributed by atoms with E-state index in [2.05, 4.69) is 21.2 Å². The minimum atomic E-state index is -0.443. The molecule has 0 heterocycles. The van der Waals surface area contributed by atoms with Crippen LogP contribution in [0.4, 0.5) is 11.4 Å². The second-order valence-electron chi connectivity index (χ2n) is 4.52. The van der Waals surface area contributed by atoms with Crippen molar-refractivity contribution in [3.05, 3.63) is 31.7 Å². The molecule has 0 atom stereocenters. The lowest BCUT2D eigenvalue weighted by molar-refractivity contribution is -0.384. The maximum Gasteiger partial charge on any atom is 0.272 e. The average molecular weight is 334 g/mol. The normalized spacial score (nSPS) is 16.6. The number of halogens is 2. The fourth-order valence-electron chi connectivity index (χ4n) is 2.25. The summed E-state index contributed by atoms with van der Waals surface area (Å²) in [5, 5.41) is 14.5. The van der Waals surface area contributed by atoms with Gasteiger partial charge in [0, 0.05) is 22.6 Å². The van der Waals surface area contributed by atoms with Crippen LogP contribution < -0.4 is 5.32 Å². The Morgan fingerprint density at radius 2 is 2.00 bits per heavy atom. The second-order valence-corrected chi connectivity index (χ2v) is 5.78. The summed E-state index contributed by atoms with van der Waals surface area (Å²) in [6.45, 7) is 0. The molecule has 1 N–H and O–H groups in total. The van der Waals surface area contributed by atoms with Crippen LogP contribution in [-0.2, 0) is 0 Å². The maximum atomic E-state index is 10.7. The molecule has 1 saturated carbocycles. The van der Waals surface area contributed by atoms with Crippen LogP contribution in [0.1, 0.15) is 32.1 Å². The molecule has 0 saturated heterocycles. The average Bonchev–Trinajstić information content (AvgIpc) is 2.34. The fraction of sp³-hybridized carbons (Fsp3) is 0.500. The summed E-state index contributed by atoms with van der Waals surface area (Å²) < 4.78 is 0.646. The number of hydrogen-bond acceptors (Lipinski definition) is 3. The Hall–Kier alpha value is -0.810. The van der Waals surface area contributed by atoms with E-state index in [-0.39, 0.29) is 5.69 Å². The quantitative estimate of drug-likeness (QED) is 0.641. The second kappa shape index (κ2) is 5.89. The highest BCUT2D eigenvalue weighted by Crippen LogP contribution is 2.36. The van der Waals surface area contributed by atoms with E-state index in [1.807, 2.05) is 0 Å². The number of anilines is 1. The van der Waals surface area contributed by atoms with Crippen molar-refractivity contribution in [2.24, 2.45) is 0 Å². The topological polar surface area (TPSA) is 55.2 Å². The summed E-state index contributed by atoms with van der Waals surface area (Å²) in [5.41, 5.74) is 0.759. The lowest BCUT2D eigenvalue weighted by Gasteiger charge is -2.24. The lowest BCUT2D eigenvalue weighted by atomic mass is 9.95. The molecule has 0 bridgehead atoms. The van der Waals surface area contributed by atoms with Gasteiger partial charge in [0.25, 0.3) is 5.69 Å². The van der Waals surface area contributed by atoms with Crippen LogP contribution in [0.15, 0.2) is 16.6 Å². The minimum Gasteiger partial charge on any atom is -0.380 e. The number of rotatable bonds is 3. The van der Waals surface area contributed by atoms with Crippen LogP contribution in [-0.4, -0.2) is 11.0 Å². The van der Waals surface area contributed by atoms with E-state index in [0.717, 1.165) is 18.5 Å². The monoisotopic (exact) mass is 332 g/mol. The van der Waals surface area contributed by atoms with Crippen LogP contribution in [0.25, 0.3) is 0 Å². The van der Waals surface area contributed by atoms with Gasteiger partial charge in [0.2, 0.25) is 0 Å². The van der Waals surface area contributed by atoms with Crippen molar-refractivity contribution in [1.82, 2.24) is 0 Å². The van der Waals surface area contributed by atoms with Gasteiger partial charge in [0.05, 0.1) is 15.6 Å². The van der Waals surface area contributed by atoms with E-state index in [4.69, 9.17) is 11.6 Å². The van der Waals surface area contributed by atoms with E-state index in [0.29, 0.717) is 15.5 Å². The smallest absolute Gasteiger partial charge is 0.272 e. The SMILES string of the molecule is O=[N+]([O-])c1cc(Cl)c(NC2CCCCC2)c(Br)c1. The highest BCUT2D eigenvalue weighted by Gasteiger charge is 2.18. The van der Waals surface area contributed by atoms with Crippen LogP contribution in [0, 0.1) is 10.1 Å². The summed E-state index contributed by atoms with van der Waals surface area (Å²) >= 11 is 9.44. The molecule has 1 aliphatic carbocycles. The highest BCUT2D eigenvalue weighted by molar-refractivity contribution is 9.10. The minimum absolute atomic E-state index is 0.000990. The Morgan fingerprint density at radius 1 is 1.33 bits per heavy atom. The number of nitrogens with one attached hydrogen (secondary N) is 1. The van der Waals surface area contributed by atoms with E-state index in [1.54, 1.807) is 0 Å². The van der Waals surface area contributed by atoms with Crippen molar-refractivity contribution in [3.8, 4) is 0 Å². The van der Waals surface area contributed by atoms with Crippen molar-refractivity contribution in [1.29, 1.82) is 0 Å². The standard InChI is InChI=1S/C12H14BrClN2O2/c13-10-6-9(16(17)18)7-11(14)12(10)15-8-4-2-1-3-5-8/h6-8,15H,1-5H2. The Labute approximate surface area is 119 Å². The zero-order chi connectivity index (χ0) is 13.1. The van der Waals surface area contributed by atoms with E-state index in [1.165, 1.54) is 31.4 Å². The molecule has 6 heteroatoms. The molecule has 4 nitrogen and oxygen atoms in total. The number of hydrogen-bond donors (Lipinski definition) is 1. The van der Waals surface area contributed by atoms with Gasteiger partial charge in [0.15, 0.2) is 0 Å². The molecule has 1 aliphatic rings. The molecule has 0 aromatic heterocycles. The third-order valence-electron chi connectivity index (χ3n) is 3.19. The van der Waals surface area contributed by atoms with Gasteiger partial charge < -0.3 is 5.32 Å². The van der Waals surface area contributed by atoms with Gasteiger partial charge in [-0.2, -0.15) is 0 Å². The molecule has 0 unspecified atom stereocenters. The van der Waals surface area contributed by atoms with Crippen molar-refractivity contribution < 1.29 is 4.92 Å². The van der Waals surface area contributed by atoms with Crippen LogP contribution in [0.3, 0.4) is 0 Å². The predicted molar refractivity (Wildman–Crippen MR) is 76.3 cm³/mol. The molecule has 0 radical (unpaired) electrons. The largest absolute Gasteiger partial charge is 0.380 e. The number of benzene rings is 1. The lowest BCUT2D eigenvalue weighted by Crippen LogP contribution is -2.22. The highest BCUT2D eigenvalue weighted by atomic mass is 79.9. The van der Waals surface area contributed by atoms with Gasteiger partial charge >= 0.3 is 0 Å². The predicted octanol–water partition coefficient (Wildman–Crippen LogP) is 4.76. The zero-order valence-electron chi connectivity index (χ0n) is 9.79. The zero-order valence-corrected chi connectivity index (χ0v) is 12.1. The van der Waals surface area contributed by atoms with Crippen molar-refractivity contribution in [2.45, 2.75) is 38.1 Å². The Balaban J connectivity index is 2.19. The summed E-state index contributed by atoms with van der Waals surface area (Å²) in [7, 11) is 0. The first kappa shape index (κ1) is 13.6. The number of nitrogens with zero attached hydrogens (tertiary/aromatic N) is 1. The molecular formula is C12H14BrClN2O2. The third kappa shape index (κ3) is 3.14. The Kier molecular flexibility index (Phi) is 4.45. The first-order valence-corrected chi connectivity index (χ1v) is 7.15. The Morgan fingerprint density at radius 3 is 2.56 bits per heavy atom. The molecule has 98 valence electrons. The molecule has 1 aromatic rings. The van der Waals surface area contributed by atoms with E-state index < -0.39 is 4.92 Å². The van der Waals surface area contributed by atoms with Crippen LogP contribution in [0.2, 0.25) is 5.02 Å². The molecule has 18 heavy (non-hydrogen) atoms. The van der Waals surface area contributed by atoms with E-state index >= 15 is 0 Å². The van der Waals surface area contributed by atoms with Gasteiger partial charge in [0.1, 0.15) is 0 Å². The summed E-state index contributed by atoms with van der Waals surface area (Å²) in [6, 6.07) is 3.28. The van der Waals surface area contributed by atoms with Crippen molar-refractivity contribution in [3.63, 3.8) is 0 Å².